The van der Waals surface area contributed by atoms with Crippen molar-refractivity contribution in [2.45, 2.75) is 19.8 Å². The third-order valence-electron chi connectivity index (χ3n) is 2.42. The second kappa shape index (κ2) is 5.45. The fraction of sp³-hybridized carbons (Fsp3) is 0.667. The lowest BCUT2D eigenvalue weighted by Gasteiger charge is -2.25. The van der Waals surface area contributed by atoms with Crippen molar-refractivity contribution in [3.05, 3.63) is 0 Å². The normalized spacial score (nSPS) is 17.3. The highest BCUT2D eigenvalue weighted by atomic mass is 16.2. The van der Waals surface area contributed by atoms with Gasteiger partial charge >= 0.3 is 11.8 Å². The number of likely N-dealkylation sites (tertiary alicyclic amines) is 1. The quantitative estimate of drug-likeness (QED) is 0.457. The van der Waals surface area contributed by atoms with Crippen LogP contribution in [0, 0.1) is 0 Å². The zero-order valence-corrected chi connectivity index (χ0v) is 8.82. The van der Waals surface area contributed by atoms with E-state index >= 15 is 0 Å². The Labute approximate surface area is 88.5 Å². The molecule has 1 aliphatic rings. The van der Waals surface area contributed by atoms with Crippen LogP contribution in [0.2, 0.25) is 0 Å². The molecule has 0 radical (unpaired) electrons. The number of hydrogen-bond acceptors (Lipinski definition) is 4. The number of carbonyl (C=O) groups is 2. The van der Waals surface area contributed by atoms with Crippen LogP contribution in [0.4, 0.5) is 0 Å². The van der Waals surface area contributed by atoms with E-state index in [9.17, 15) is 9.59 Å². The summed E-state index contributed by atoms with van der Waals surface area (Å²) in [5.74, 6) is -1.87. The summed E-state index contributed by atoms with van der Waals surface area (Å²) in [4.78, 5) is 23.5. The molecule has 84 valence electrons. The van der Waals surface area contributed by atoms with E-state index in [-0.39, 0.29) is 0 Å². The van der Waals surface area contributed by atoms with Crippen molar-refractivity contribution in [2.24, 2.45) is 10.8 Å². The molecule has 0 bridgehead atoms. The van der Waals surface area contributed by atoms with Crippen LogP contribution >= 0.6 is 0 Å². The largest absolute Gasteiger partial charge is 0.361 e. The molecular weight excluding hydrogens is 196 g/mol. The second-order valence-electron chi connectivity index (χ2n) is 3.42. The highest BCUT2D eigenvalue weighted by molar-refractivity contribution is 6.34. The first-order chi connectivity index (χ1) is 7.13. The van der Waals surface area contributed by atoms with Gasteiger partial charge in [-0.25, -0.2) is 5.43 Å². The number of hydrogen-bond donors (Lipinski definition) is 2. The van der Waals surface area contributed by atoms with Crippen molar-refractivity contribution in [2.75, 3.05) is 19.6 Å². The number of nitrogens with one attached hydrogen (secondary N) is 1. The zero-order valence-electron chi connectivity index (χ0n) is 8.82. The molecule has 2 amide bonds. The van der Waals surface area contributed by atoms with E-state index in [1.807, 2.05) is 0 Å². The third-order valence-corrected chi connectivity index (χ3v) is 2.42. The number of primary amides is 1. The molecule has 6 heteroatoms. The second-order valence-corrected chi connectivity index (χ2v) is 3.42. The van der Waals surface area contributed by atoms with Crippen LogP contribution in [0.15, 0.2) is 5.10 Å². The molecule has 15 heavy (non-hydrogen) atoms. The lowest BCUT2D eigenvalue weighted by molar-refractivity contribution is -0.137. The molecule has 0 unspecified atom stereocenters. The van der Waals surface area contributed by atoms with Crippen LogP contribution in [0.3, 0.4) is 0 Å². The Morgan fingerprint density at radius 1 is 1.47 bits per heavy atom. The van der Waals surface area contributed by atoms with Gasteiger partial charge in [0, 0.05) is 31.6 Å². The van der Waals surface area contributed by atoms with Crippen molar-refractivity contribution in [1.29, 1.82) is 0 Å². The molecule has 0 saturated carbocycles. The SMILES string of the molecule is CCN1CCC(=NNC(=O)C(N)=O)CC1. The first kappa shape index (κ1) is 11.6. The Kier molecular flexibility index (Phi) is 4.23. The minimum Gasteiger partial charge on any atom is -0.361 e. The van der Waals surface area contributed by atoms with Crippen LogP contribution in [0.1, 0.15) is 19.8 Å². The molecule has 0 aromatic rings. The van der Waals surface area contributed by atoms with Crippen molar-refractivity contribution in [3.63, 3.8) is 0 Å². The van der Waals surface area contributed by atoms with Gasteiger partial charge in [-0.2, -0.15) is 5.10 Å². The maximum Gasteiger partial charge on any atom is 0.329 e. The molecule has 0 aromatic carbocycles. The fourth-order valence-corrected chi connectivity index (χ4v) is 1.42. The third kappa shape index (κ3) is 3.67. The highest BCUT2D eigenvalue weighted by Crippen LogP contribution is 2.05. The number of carbonyl (C=O) groups excluding carboxylic acids is 2. The van der Waals surface area contributed by atoms with Gasteiger partial charge in [0.2, 0.25) is 0 Å². The Bertz CT molecular complexity index is 278. The summed E-state index contributed by atoms with van der Waals surface area (Å²) in [5, 5.41) is 3.86. The van der Waals surface area contributed by atoms with Crippen LogP contribution in [0.5, 0.6) is 0 Å². The molecule has 1 fully saturated rings. The van der Waals surface area contributed by atoms with Gasteiger partial charge in [0.1, 0.15) is 0 Å². The Morgan fingerprint density at radius 2 is 2.07 bits per heavy atom. The lowest BCUT2D eigenvalue weighted by atomic mass is 10.1. The van der Waals surface area contributed by atoms with Crippen molar-refractivity contribution in [1.82, 2.24) is 10.3 Å². The van der Waals surface area contributed by atoms with Gasteiger partial charge in [0.25, 0.3) is 0 Å². The first-order valence-corrected chi connectivity index (χ1v) is 5.01. The molecule has 0 aromatic heterocycles. The highest BCUT2D eigenvalue weighted by Gasteiger charge is 2.14. The van der Waals surface area contributed by atoms with Crippen LogP contribution in [-0.2, 0) is 9.59 Å². The molecule has 0 atom stereocenters. The summed E-state index contributed by atoms with van der Waals surface area (Å²) in [7, 11) is 0. The predicted molar refractivity (Wildman–Crippen MR) is 56.1 cm³/mol. The number of nitrogens with two attached hydrogens (primary N) is 1. The fourth-order valence-electron chi connectivity index (χ4n) is 1.42. The zero-order chi connectivity index (χ0) is 11.3. The standard InChI is InChI=1S/C9H16N4O2/c1-2-13-5-3-7(4-6-13)11-12-9(15)8(10)14/h2-6H2,1H3,(H2,10,14)(H,12,15). The number of hydrazone groups is 1. The van der Waals surface area contributed by atoms with E-state index in [0.29, 0.717) is 0 Å². The first-order valence-electron chi connectivity index (χ1n) is 5.01. The number of amides is 2. The van der Waals surface area contributed by atoms with E-state index in [4.69, 9.17) is 5.73 Å². The maximum absolute atomic E-state index is 10.8. The molecule has 0 spiro atoms. The van der Waals surface area contributed by atoms with Crippen molar-refractivity contribution >= 4 is 17.5 Å². The summed E-state index contributed by atoms with van der Waals surface area (Å²) < 4.78 is 0. The minimum atomic E-state index is -1.01. The van der Waals surface area contributed by atoms with Gasteiger partial charge in [0.05, 0.1) is 0 Å². The topological polar surface area (TPSA) is 87.8 Å². The average molecular weight is 212 g/mol. The monoisotopic (exact) mass is 212 g/mol. The van der Waals surface area contributed by atoms with Crippen LogP contribution < -0.4 is 11.2 Å². The molecule has 1 rings (SSSR count). The summed E-state index contributed by atoms with van der Waals surface area (Å²) >= 11 is 0. The molecule has 1 heterocycles. The molecular formula is C9H16N4O2. The molecule has 3 N–H and O–H groups in total. The Morgan fingerprint density at radius 3 is 2.53 bits per heavy atom. The average Bonchev–Trinajstić information content (AvgIpc) is 2.26. The predicted octanol–water partition coefficient (Wildman–Crippen LogP) is -0.940. The van der Waals surface area contributed by atoms with Crippen molar-refractivity contribution in [3.8, 4) is 0 Å². The van der Waals surface area contributed by atoms with E-state index in [1.54, 1.807) is 0 Å². The minimum absolute atomic E-state index is 0.826. The van der Waals surface area contributed by atoms with E-state index in [1.165, 1.54) is 0 Å². The van der Waals surface area contributed by atoms with Crippen molar-refractivity contribution < 1.29 is 9.59 Å². The summed E-state index contributed by atoms with van der Waals surface area (Å²) in [6, 6.07) is 0. The smallest absolute Gasteiger partial charge is 0.329 e. The Balaban J connectivity index is 2.36. The van der Waals surface area contributed by atoms with Gasteiger partial charge in [0.15, 0.2) is 0 Å². The van der Waals surface area contributed by atoms with Gasteiger partial charge in [-0.3, -0.25) is 9.59 Å². The molecule has 0 aliphatic carbocycles. The molecule has 6 nitrogen and oxygen atoms in total. The summed E-state index contributed by atoms with van der Waals surface area (Å²) in [5.41, 5.74) is 7.82. The van der Waals surface area contributed by atoms with Gasteiger partial charge < -0.3 is 10.6 Å². The van der Waals surface area contributed by atoms with Gasteiger partial charge in [-0.1, -0.05) is 6.92 Å². The van der Waals surface area contributed by atoms with Gasteiger partial charge in [-0.05, 0) is 6.54 Å². The number of nitrogens with zero attached hydrogens (tertiary/aromatic N) is 2. The van der Waals surface area contributed by atoms with Gasteiger partial charge in [-0.15, -0.1) is 0 Å². The van der Waals surface area contributed by atoms with E-state index < -0.39 is 11.8 Å². The molecule has 1 saturated heterocycles. The summed E-state index contributed by atoms with van der Waals surface area (Å²) in [6.45, 7) is 5.03. The molecule has 1 aliphatic heterocycles. The lowest BCUT2D eigenvalue weighted by Crippen LogP contribution is -2.37. The van der Waals surface area contributed by atoms with E-state index in [2.05, 4.69) is 22.4 Å². The maximum atomic E-state index is 10.8. The Hall–Kier alpha value is -1.43. The van der Waals surface area contributed by atoms with Crippen LogP contribution in [0.25, 0.3) is 0 Å². The summed E-state index contributed by atoms with van der Waals surface area (Å²) in [6.07, 6.45) is 1.65. The number of piperidine rings is 1. The van der Waals surface area contributed by atoms with Crippen LogP contribution in [-0.4, -0.2) is 42.1 Å². The number of rotatable bonds is 2. The van der Waals surface area contributed by atoms with E-state index in [0.717, 1.165) is 38.2 Å².